The maximum atomic E-state index is 11.8. The molecule has 2 N–H and O–H groups in total. The van der Waals surface area contributed by atoms with Crippen LogP contribution < -0.4 is 10.0 Å². The molecule has 6 nitrogen and oxygen atoms in total. The maximum absolute atomic E-state index is 11.8. The minimum absolute atomic E-state index is 0.00146. The number of nitrogens with one attached hydrogen (secondary N) is 2. The van der Waals surface area contributed by atoms with E-state index < -0.39 is 10.0 Å². The van der Waals surface area contributed by atoms with Gasteiger partial charge in [0.05, 0.1) is 17.6 Å². The molecule has 18 heavy (non-hydrogen) atoms. The van der Waals surface area contributed by atoms with Crippen LogP contribution in [0.4, 0.5) is 5.69 Å². The summed E-state index contributed by atoms with van der Waals surface area (Å²) in [5.74, 6) is -0.199. The average Bonchev–Trinajstić information content (AvgIpc) is 3.10. The molecule has 0 aromatic heterocycles. The first-order chi connectivity index (χ1) is 8.47. The summed E-state index contributed by atoms with van der Waals surface area (Å²) in [6, 6.07) is 5.98. The van der Waals surface area contributed by atoms with Gasteiger partial charge in [-0.25, -0.2) is 13.1 Å². The molecule has 1 aromatic carbocycles. The van der Waals surface area contributed by atoms with Crippen molar-refractivity contribution in [3.63, 3.8) is 0 Å². The van der Waals surface area contributed by atoms with Gasteiger partial charge < -0.3 is 10.1 Å². The predicted octanol–water partition coefficient (Wildman–Crippen LogP) is 0.322. The van der Waals surface area contributed by atoms with Gasteiger partial charge in [0.1, 0.15) is 0 Å². The second-order valence-electron chi connectivity index (χ2n) is 4.01. The number of ether oxygens (including phenoxy) is 1. The lowest BCUT2D eigenvalue weighted by atomic mass is 10.3. The fourth-order valence-electron chi connectivity index (χ4n) is 1.39. The minimum atomic E-state index is -3.50. The second kappa shape index (κ2) is 5.05. The summed E-state index contributed by atoms with van der Waals surface area (Å²) in [7, 11) is -3.50. The van der Waals surface area contributed by atoms with E-state index in [1.54, 1.807) is 12.1 Å². The summed E-state index contributed by atoms with van der Waals surface area (Å²) in [6.45, 7) is 2.28. The molecule has 2 rings (SSSR count). The molecule has 0 saturated carbocycles. The lowest BCUT2D eigenvalue weighted by molar-refractivity contribution is -0.114. The highest BCUT2D eigenvalue weighted by Crippen LogP contribution is 2.15. The first-order valence-electron chi connectivity index (χ1n) is 5.46. The van der Waals surface area contributed by atoms with E-state index in [1.165, 1.54) is 19.1 Å². The molecule has 98 valence electrons. The van der Waals surface area contributed by atoms with Crippen LogP contribution in [0.2, 0.25) is 0 Å². The summed E-state index contributed by atoms with van der Waals surface area (Å²) in [4.78, 5) is 11.0. The lowest BCUT2D eigenvalue weighted by Gasteiger charge is -2.06. The van der Waals surface area contributed by atoms with Crippen LogP contribution in [-0.2, 0) is 19.6 Å². The molecule has 1 aliphatic heterocycles. The fourth-order valence-corrected chi connectivity index (χ4v) is 2.46. The molecule has 1 amide bonds. The number of hydrogen-bond donors (Lipinski definition) is 2. The summed E-state index contributed by atoms with van der Waals surface area (Å²) >= 11 is 0. The van der Waals surface area contributed by atoms with Gasteiger partial charge in [-0.05, 0) is 24.3 Å². The van der Waals surface area contributed by atoms with Crippen LogP contribution in [0.5, 0.6) is 0 Å². The van der Waals surface area contributed by atoms with Gasteiger partial charge in [-0.2, -0.15) is 0 Å². The largest absolute Gasteiger partial charge is 0.372 e. The van der Waals surface area contributed by atoms with E-state index in [-0.39, 0.29) is 23.5 Å². The van der Waals surface area contributed by atoms with Gasteiger partial charge in [-0.15, -0.1) is 0 Å². The van der Waals surface area contributed by atoms with Crippen molar-refractivity contribution in [2.45, 2.75) is 17.9 Å². The maximum Gasteiger partial charge on any atom is 0.240 e. The van der Waals surface area contributed by atoms with E-state index in [0.29, 0.717) is 12.3 Å². The summed E-state index contributed by atoms with van der Waals surface area (Å²) in [5.41, 5.74) is 0.562. The SMILES string of the molecule is CC(=O)Nc1ccc(S(=O)(=O)NC[C@@H]2CO2)cc1. The Morgan fingerprint density at radius 1 is 1.39 bits per heavy atom. The molecule has 1 heterocycles. The number of anilines is 1. The number of hydrogen-bond acceptors (Lipinski definition) is 4. The van der Waals surface area contributed by atoms with Crippen molar-refractivity contribution >= 4 is 21.6 Å². The summed E-state index contributed by atoms with van der Waals surface area (Å²) in [6.07, 6.45) is -0.00146. The van der Waals surface area contributed by atoms with Gasteiger partial charge >= 0.3 is 0 Å². The Labute approximate surface area is 105 Å². The van der Waals surface area contributed by atoms with Crippen LogP contribution in [0.3, 0.4) is 0 Å². The Hall–Kier alpha value is -1.44. The standard InChI is InChI=1S/C11H14N2O4S/c1-8(14)13-9-2-4-11(5-3-9)18(15,16)12-6-10-7-17-10/h2-5,10,12H,6-7H2,1H3,(H,13,14)/t10-/m1/s1. The fraction of sp³-hybridized carbons (Fsp3) is 0.364. The van der Waals surface area contributed by atoms with Crippen molar-refractivity contribution in [3.8, 4) is 0 Å². The van der Waals surface area contributed by atoms with E-state index >= 15 is 0 Å². The molecule has 0 unspecified atom stereocenters. The van der Waals surface area contributed by atoms with Crippen molar-refractivity contribution in [1.29, 1.82) is 0 Å². The second-order valence-corrected chi connectivity index (χ2v) is 5.78. The molecule has 7 heteroatoms. The molecular formula is C11H14N2O4S. The lowest BCUT2D eigenvalue weighted by Crippen LogP contribution is -2.27. The van der Waals surface area contributed by atoms with Gasteiger partial charge in [0.25, 0.3) is 0 Å². The van der Waals surface area contributed by atoms with Crippen molar-refractivity contribution < 1.29 is 17.9 Å². The third-order valence-electron chi connectivity index (χ3n) is 2.39. The summed E-state index contributed by atoms with van der Waals surface area (Å²) < 4.78 is 31.1. The molecule has 1 aromatic rings. The third-order valence-corrected chi connectivity index (χ3v) is 3.83. The predicted molar refractivity (Wildman–Crippen MR) is 65.7 cm³/mol. The molecule has 1 aliphatic rings. The minimum Gasteiger partial charge on any atom is -0.372 e. The molecule has 0 radical (unpaired) electrons. The highest BCUT2D eigenvalue weighted by atomic mass is 32.2. The Morgan fingerprint density at radius 2 is 2.00 bits per heavy atom. The topological polar surface area (TPSA) is 87.8 Å². The Morgan fingerprint density at radius 3 is 2.50 bits per heavy atom. The number of carbonyl (C=O) groups is 1. The first kappa shape index (κ1) is 13.0. The van der Waals surface area contributed by atoms with Gasteiger partial charge in [-0.3, -0.25) is 4.79 Å². The van der Waals surface area contributed by atoms with E-state index in [2.05, 4.69) is 10.0 Å². The number of amides is 1. The van der Waals surface area contributed by atoms with Crippen LogP contribution >= 0.6 is 0 Å². The smallest absolute Gasteiger partial charge is 0.240 e. The van der Waals surface area contributed by atoms with Crippen LogP contribution in [0.25, 0.3) is 0 Å². The summed E-state index contributed by atoms with van der Waals surface area (Å²) in [5, 5.41) is 2.57. The van der Waals surface area contributed by atoms with E-state index in [1.807, 2.05) is 0 Å². The highest BCUT2D eigenvalue weighted by Gasteiger charge is 2.25. The Balaban J connectivity index is 2.04. The zero-order chi connectivity index (χ0) is 13.2. The van der Waals surface area contributed by atoms with Gasteiger partial charge in [0, 0.05) is 19.2 Å². The average molecular weight is 270 g/mol. The number of sulfonamides is 1. The zero-order valence-corrected chi connectivity index (χ0v) is 10.7. The normalized spacial score (nSPS) is 18.4. The number of rotatable bonds is 5. The highest BCUT2D eigenvalue weighted by molar-refractivity contribution is 7.89. The van der Waals surface area contributed by atoms with E-state index in [9.17, 15) is 13.2 Å². The van der Waals surface area contributed by atoms with Crippen LogP contribution in [0.1, 0.15) is 6.92 Å². The van der Waals surface area contributed by atoms with Gasteiger partial charge in [-0.1, -0.05) is 0 Å². The zero-order valence-electron chi connectivity index (χ0n) is 9.84. The Bertz CT molecular complexity index is 535. The van der Waals surface area contributed by atoms with Gasteiger partial charge in [0.2, 0.25) is 15.9 Å². The van der Waals surface area contributed by atoms with Crippen molar-refractivity contribution in [2.24, 2.45) is 0 Å². The quantitative estimate of drug-likeness (QED) is 0.754. The molecule has 1 saturated heterocycles. The molecule has 0 aliphatic carbocycles. The molecule has 1 fully saturated rings. The van der Waals surface area contributed by atoms with E-state index in [4.69, 9.17) is 4.74 Å². The van der Waals surface area contributed by atoms with Crippen LogP contribution in [0.15, 0.2) is 29.2 Å². The van der Waals surface area contributed by atoms with Crippen molar-refractivity contribution in [3.05, 3.63) is 24.3 Å². The number of benzene rings is 1. The van der Waals surface area contributed by atoms with Crippen molar-refractivity contribution in [2.75, 3.05) is 18.5 Å². The van der Waals surface area contributed by atoms with Crippen LogP contribution in [0, 0.1) is 0 Å². The first-order valence-corrected chi connectivity index (χ1v) is 6.94. The monoisotopic (exact) mass is 270 g/mol. The van der Waals surface area contributed by atoms with Crippen LogP contribution in [-0.4, -0.2) is 33.6 Å². The molecular weight excluding hydrogens is 256 g/mol. The number of epoxide rings is 1. The molecule has 0 spiro atoms. The third kappa shape index (κ3) is 3.52. The molecule has 1 atom stereocenters. The van der Waals surface area contributed by atoms with Crippen molar-refractivity contribution in [1.82, 2.24) is 4.72 Å². The molecule has 0 bridgehead atoms. The Kier molecular flexibility index (Phi) is 3.65. The van der Waals surface area contributed by atoms with E-state index in [0.717, 1.165) is 0 Å². The van der Waals surface area contributed by atoms with Gasteiger partial charge in [0.15, 0.2) is 0 Å². The number of carbonyl (C=O) groups excluding carboxylic acids is 1.